The summed E-state index contributed by atoms with van der Waals surface area (Å²) in [5.74, 6) is 0.844. The minimum Gasteiger partial charge on any atom is -0.497 e. The molecule has 3 nitrogen and oxygen atoms in total. The van der Waals surface area contributed by atoms with Crippen molar-refractivity contribution in [3.8, 4) is 11.4 Å². The molecule has 0 aliphatic carbocycles. The van der Waals surface area contributed by atoms with Gasteiger partial charge in [0.15, 0.2) is 0 Å². The van der Waals surface area contributed by atoms with E-state index in [-0.39, 0.29) is 0 Å². The van der Waals surface area contributed by atoms with E-state index in [1.165, 1.54) is 0 Å². The van der Waals surface area contributed by atoms with Crippen LogP contribution in [0.1, 0.15) is 0 Å². The van der Waals surface area contributed by atoms with Gasteiger partial charge in [0.2, 0.25) is 0 Å². The average Bonchev–Trinajstić information content (AvgIpc) is 2.84. The maximum Gasteiger partial charge on any atom is 0.119 e. The molecule has 1 aromatic heterocycles. The zero-order valence-corrected chi connectivity index (χ0v) is 11.4. The largest absolute Gasteiger partial charge is 0.497 e. The van der Waals surface area contributed by atoms with Crippen molar-refractivity contribution in [2.75, 3.05) is 7.11 Å². The number of hydrogen-bond donors (Lipinski definition) is 0. The molecule has 0 fully saturated rings. The fourth-order valence-electron chi connectivity index (χ4n) is 1.94. The molecular weight excluding hydrogens is 292 g/mol. The van der Waals surface area contributed by atoms with Crippen molar-refractivity contribution >= 4 is 26.8 Å². The smallest absolute Gasteiger partial charge is 0.119 e. The summed E-state index contributed by atoms with van der Waals surface area (Å²) in [5, 5.41) is 5.53. The van der Waals surface area contributed by atoms with E-state index in [0.29, 0.717) is 0 Å². The number of fused-ring (bicyclic) bond motifs is 1. The third-order valence-electron chi connectivity index (χ3n) is 2.88. The Morgan fingerprint density at radius 2 is 1.89 bits per heavy atom. The molecular formula is C14H11BrN2O. The highest BCUT2D eigenvalue weighted by Gasteiger charge is 2.06. The van der Waals surface area contributed by atoms with Gasteiger partial charge in [0.05, 0.1) is 24.5 Å². The van der Waals surface area contributed by atoms with Gasteiger partial charge in [0.1, 0.15) is 5.75 Å². The number of nitrogens with zero attached hydrogens (tertiary/aromatic N) is 2. The minimum absolute atomic E-state index is 0.844. The van der Waals surface area contributed by atoms with E-state index < -0.39 is 0 Å². The Balaban J connectivity index is 2.16. The summed E-state index contributed by atoms with van der Waals surface area (Å²) in [6.07, 6.45) is 1.86. The Morgan fingerprint density at radius 3 is 2.61 bits per heavy atom. The SMILES string of the molecule is COc1ccc(-n2ncc3c(Br)cccc32)cc1. The first-order valence-electron chi connectivity index (χ1n) is 5.56. The van der Waals surface area contributed by atoms with E-state index in [1.807, 2.05) is 47.3 Å². The van der Waals surface area contributed by atoms with Crippen LogP contribution < -0.4 is 4.74 Å². The van der Waals surface area contributed by atoms with Crippen LogP contribution in [0.5, 0.6) is 5.75 Å². The maximum atomic E-state index is 5.16. The lowest BCUT2D eigenvalue weighted by atomic mass is 10.2. The molecule has 3 rings (SSSR count). The quantitative estimate of drug-likeness (QED) is 0.720. The highest BCUT2D eigenvalue weighted by molar-refractivity contribution is 9.10. The summed E-state index contributed by atoms with van der Waals surface area (Å²) in [4.78, 5) is 0. The number of rotatable bonds is 2. The van der Waals surface area contributed by atoms with E-state index >= 15 is 0 Å². The van der Waals surface area contributed by atoms with Crippen molar-refractivity contribution in [3.63, 3.8) is 0 Å². The van der Waals surface area contributed by atoms with Crippen LogP contribution in [0.3, 0.4) is 0 Å². The van der Waals surface area contributed by atoms with Gasteiger partial charge < -0.3 is 4.74 Å². The molecule has 0 amide bonds. The Labute approximate surface area is 113 Å². The van der Waals surface area contributed by atoms with Crippen LogP contribution in [0.2, 0.25) is 0 Å². The van der Waals surface area contributed by atoms with Crippen molar-refractivity contribution in [2.45, 2.75) is 0 Å². The minimum atomic E-state index is 0.844. The summed E-state index contributed by atoms with van der Waals surface area (Å²) in [6, 6.07) is 13.9. The standard InChI is InChI=1S/C14H11BrN2O/c1-18-11-7-5-10(6-8-11)17-14-4-2-3-13(15)12(14)9-16-17/h2-9H,1H3. The molecule has 90 valence electrons. The molecule has 3 aromatic rings. The lowest BCUT2D eigenvalue weighted by Gasteiger charge is -2.05. The number of methoxy groups -OCH3 is 1. The Kier molecular flexibility index (Phi) is 2.80. The number of halogens is 1. The second-order valence-corrected chi connectivity index (χ2v) is 4.78. The van der Waals surface area contributed by atoms with Gasteiger partial charge in [-0.2, -0.15) is 5.10 Å². The molecule has 0 aliphatic rings. The fraction of sp³-hybridized carbons (Fsp3) is 0.0714. The van der Waals surface area contributed by atoms with Crippen molar-refractivity contribution in [2.24, 2.45) is 0 Å². The third kappa shape index (κ3) is 1.78. The van der Waals surface area contributed by atoms with E-state index in [9.17, 15) is 0 Å². The molecule has 1 heterocycles. The third-order valence-corrected chi connectivity index (χ3v) is 3.57. The van der Waals surface area contributed by atoms with Crippen molar-refractivity contribution < 1.29 is 4.74 Å². The molecule has 0 unspecified atom stereocenters. The number of aromatic nitrogens is 2. The first kappa shape index (κ1) is 11.3. The molecule has 4 heteroatoms. The summed E-state index contributed by atoms with van der Waals surface area (Å²) >= 11 is 3.53. The maximum absolute atomic E-state index is 5.16. The second kappa shape index (κ2) is 4.46. The predicted molar refractivity (Wildman–Crippen MR) is 75.3 cm³/mol. The monoisotopic (exact) mass is 302 g/mol. The lowest BCUT2D eigenvalue weighted by Crippen LogP contribution is -1.95. The first-order valence-corrected chi connectivity index (χ1v) is 6.35. The van der Waals surface area contributed by atoms with E-state index in [2.05, 4.69) is 27.1 Å². The van der Waals surface area contributed by atoms with E-state index in [0.717, 1.165) is 26.8 Å². The summed E-state index contributed by atoms with van der Waals surface area (Å²) in [5.41, 5.74) is 2.10. The lowest BCUT2D eigenvalue weighted by molar-refractivity contribution is 0.414. The van der Waals surface area contributed by atoms with Crippen LogP contribution in [0.4, 0.5) is 0 Å². The van der Waals surface area contributed by atoms with Crippen LogP contribution in [-0.4, -0.2) is 16.9 Å². The predicted octanol–water partition coefficient (Wildman–Crippen LogP) is 3.80. The van der Waals surface area contributed by atoms with E-state index in [1.54, 1.807) is 7.11 Å². The van der Waals surface area contributed by atoms with Gasteiger partial charge in [-0.3, -0.25) is 0 Å². The summed E-state index contributed by atoms with van der Waals surface area (Å²) < 4.78 is 8.13. The highest BCUT2D eigenvalue weighted by Crippen LogP contribution is 2.25. The Hall–Kier alpha value is -1.81. The molecule has 0 N–H and O–H groups in total. The number of ether oxygens (including phenoxy) is 1. The summed E-state index contributed by atoms with van der Waals surface area (Å²) in [7, 11) is 1.66. The molecule has 0 radical (unpaired) electrons. The van der Waals surface area contributed by atoms with Gasteiger partial charge in [-0.25, -0.2) is 4.68 Å². The Morgan fingerprint density at radius 1 is 1.11 bits per heavy atom. The van der Waals surface area contributed by atoms with Crippen LogP contribution >= 0.6 is 15.9 Å². The van der Waals surface area contributed by atoms with Crippen LogP contribution in [0.15, 0.2) is 53.1 Å². The van der Waals surface area contributed by atoms with Crippen molar-refractivity contribution in [1.29, 1.82) is 0 Å². The second-order valence-electron chi connectivity index (χ2n) is 3.93. The number of benzene rings is 2. The molecule has 0 saturated heterocycles. The number of hydrogen-bond acceptors (Lipinski definition) is 2. The molecule has 0 bridgehead atoms. The van der Waals surface area contributed by atoms with Crippen LogP contribution in [0, 0.1) is 0 Å². The van der Waals surface area contributed by atoms with Gasteiger partial charge in [-0.05, 0) is 36.4 Å². The van der Waals surface area contributed by atoms with E-state index in [4.69, 9.17) is 4.74 Å². The van der Waals surface area contributed by atoms with Crippen molar-refractivity contribution in [3.05, 3.63) is 53.1 Å². The van der Waals surface area contributed by atoms with Gasteiger partial charge in [0.25, 0.3) is 0 Å². The molecule has 0 spiro atoms. The molecule has 0 aliphatic heterocycles. The normalized spacial score (nSPS) is 10.8. The molecule has 0 atom stereocenters. The zero-order valence-electron chi connectivity index (χ0n) is 9.80. The first-order chi connectivity index (χ1) is 8.79. The molecule has 2 aromatic carbocycles. The van der Waals surface area contributed by atoms with Gasteiger partial charge >= 0.3 is 0 Å². The molecule has 0 saturated carbocycles. The van der Waals surface area contributed by atoms with Crippen LogP contribution in [-0.2, 0) is 0 Å². The average molecular weight is 303 g/mol. The van der Waals surface area contributed by atoms with Gasteiger partial charge in [0, 0.05) is 9.86 Å². The fourth-order valence-corrected chi connectivity index (χ4v) is 2.40. The highest BCUT2D eigenvalue weighted by atomic mass is 79.9. The zero-order chi connectivity index (χ0) is 12.5. The Bertz CT molecular complexity index is 689. The topological polar surface area (TPSA) is 27.1 Å². The van der Waals surface area contributed by atoms with Gasteiger partial charge in [-0.1, -0.05) is 22.0 Å². The van der Waals surface area contributed by atoms with Gasteiger partial charge in [-0.15, -0.1) is 0 Å². The summed E-state index contributed by atoms with van der Waals surface area (Å²) in [6.45, 7) is 0. The van der Waals surface area contributed by atoms with Crippen LogP contribution in [0.25, 0.3) is 16.6 Å². The van der Waals surface area contributed by atoms with Crippen molar-refractivity contribution in [1.82, 2.24) is 9.78 Å². The molecule has 18 heavy (non-hydrogen) atoms.